The van der Waals surface area contributed by atoms with E-state index in [1.54, 1.807) is 0 Å². The Morgan fingerprint density at radius 3 is 2.52 bits per heavy atom. The maximum absolute atomic E-state index is 12.6. The van der Waals surface area contributed by atoms with Crippen molar-refractivity contribution in [2.75, 3.05) is 18.5 Å². The molecule has 134 valence electrons. The second-order valence-electron chi connectivity index (χ2n) is 4.83. The second-order valence-corrected chi connectivity index (χ2v) is 5.24. The largest absolute Gasteiger partial charge is 0.456 e. The fourth-order valence-electron chi connectivity index (χ4n) is 1.96. The van der Waals surface area contributed by atoms with Crippen LogP contribution in [0.1, 0.15) is 5.56 Å². The molecule has 2 N–H and O–H groups in total. The molecule has 2 aromatic carbocycles. The standard InChI is InChI=1S/C15H12ClF3N2O4/c16-11-7-9(15(17,18)19)1-4-14(11)25-10-2-3-13(21(23)24)12(8-10)20-5-6-22/h1-4,7-8,20,22H,5-6H2. The Morgan fingerprint density at radius 2 is 1.96 bits per heavy atom. The third kappa shape index (κ3) is 4.74. The number of hydrogen-bond donors (Lipinski definition) is 2. The molecule has 10 heteroatoms. The van der Waals surface area contributed by atoms with E-state index in [-0.39, 0.29) is 41.0 Å². The van der Waals surface area contributed by atoms with Crippen LogP contribution in [0.25, 0.3) is 0 Å². The van der Waals surface area contributed by atoms with E-state index in [1.165, 1.54) is 18.2 Å². The quantitative estimate of drug-likeness (QED) is 0.574. The van der Waals surface area contributed by atoms with E-state index in [9.17, 15) is 23.3 Å². The number of hydrogen-bond acceptors (Lipinski definition) is 5. The van der Waals surface area contributed by atoms with Crippen LogP contribution in [0.5, 0.6) is 11.5 Å². The van der Waals surface area contributed by atoms with E-state index in [4.69, 9.17) is 21.4 Å². The van der Waals surface area contributed by atoms with Crippen molar-refractivity contribution in [2.24, 2.45) is 0 Å². The first kappa shape index (κ1) is 18.8. The Labute approximate surface area is 144 Å². The highest BCUT2D eigenvalue weighted by molar-refractivity contribution is 6.32. The van der Waals surface area contributed by atoms with E-state index in [0.29, 0.717) is 0 Å². The van der Waals surface area contributed by atoms with Crippen molar-refractivity contribution in [2.45, 2.75) is 6.18 Å². The zero-order valence-electron chi connectivity index (χ0n) is 12.5. The third-order valence-corrected chi connectivity index (χ3v) is 3.37. The fraction of sp³-hybridized carbons (Fsp3) is 0.200. The van der Waals surface area contributed by atoms with Gasteiger partial charge in [0.1, 0.15) is 17.2 Å². The summed E-state index contributed by atoms with van der Waals surface area (Å²) in [5.41, 5.74) is -1.06. The van der Waals surface area contributed by atoms with Crippen molar-refractivity contribution in [3.05, 3.63) is 57.1 Å². The second kappa shape index (κ2) is 7.58. The van der Waals surface area contributed by atoms with Gasteiger partial charge in [-0.2, -0.15) is 13.2 Å². The molecular weight excluding hydrogens is 365 g/mol. The fourth-order valence-corrected chi connectivity index (χ4v) is 2.18. The number of nitro benzene ring substituents is 1. The number of rotatable bonds is 6. The van der Waals surface area contributed by atoms with Crippen LogP contribution in [-0.4, -0.2) is 23.2 Å². The van der Waals surface area contributed by atoms with Gasteiger partial charge in [0, 0.05) is 18.7 Å². The van der Waals surface area contributed by atoms with Crippen LogP contribution >= 0.6 is 11.6 Å². The lowest BCUT2D eigenvalue weighted by molar-refractivity contribution is -0.384. The predicted molar refractivity (Wildman–Crippen MR) is 85.2 cm³/mol. The van der Waals surface area contributed by atoms with E-state index < -0.39 is 16.7 Å². The van der Waals surface area contributed by atoms with Crippen molar-refractivity contribution in [1.29, 1.82) is 0 Å². The Balaban J connectivity index is 2.29. The van der Waals surface area contributed by atoms with E-state index in [0.717, 1.165) is 18.2 Å². The van der Waals surface area contributed by atoms with Gasteiger partial charge < -0.3 is 15.2 Å². The summed E-state index contributed by atoms with van der Waals surface area (Å²) in [6.45, 7) is -0.168. The Hall–Kier alpha value is -2.52. The molecular formula is C15H12ClF3N2O4. The lowest BCUT2D eigenvalue weighted by Gasteiger charge is -2.12. The van der Waals surface area contributed by atoms with Crippen LogP contribution in [0.15, 0.2) is 36.4 Å². The van der Waals surface area contributed by atoms with Crippen LogP contribution in [0.3, 0.4) is 0 Å². The first-order chi connectivity index (χ1) is 11.7. The average molecular weight is 377 g/mol. The van der Waals surface area contributed by atoms with Gasteiger partial charge in [-0.3, -0.25) is 10.1 Å². The molecule has 0 aliphatic rings. The number of halogens is 4. The molecule has 0 aliphatic carbocycles. The first-order valence-electron chi connectivity index (χ1n) is 6.90. The molecule has 2 aromatic rings. The summed E-state index contributed by atoms with van der Waals surface area (Å²) in [4.78, 5) is 10.4. The van der Waals surface area contributed by atoms with Crippen molar-refractivity contribution < 1.29 is 27.9 Å². The number of nitro groups is 1. The molecule has 0 amide bonds. The average Bonchev–Trinajstić information content (AvgIpc) is 2.53. The molecule has 0 bridgehead atoms. The number of ether oxygens (including phenoxy) is 1. The summed E-state index contributed by atoms with van der Waals surface area (Å²) in [6.07, 6.45) is -4.53. The van der Waals surface area contributed by atoms with Crippen LogP contribution in [-0.2, 0) is 6.18 Å². The minimum Gasteiger partial charge on any atom is -0.456 e. The zero-order chi connectivity index (χ0) is 18.6. The normalized spacial score (nSPS) is 11.2. The summed E-state index contributed by atoms with van der Waals surface area (Å²) in [6, 6.07) is 6.36. The Bertz CT molecular complexity index is 784. The molecule has 0 unspecified atom stereocenters. The topological polar surface area (TPSA) is 84.6 Å². The van der Waals surface area contributed by atoms with E-state index >= 15 is 0 Å². The van der Waals surface area contributed by atoms with Crippen molar-refractivity contribution >= 4 is 23.0 Å². The molecule has 2 rings (SSSR count). The van der Waals surface area contributed by atoms with Crippen LogP contribution in [0, 0.1) is 10.1 Å². The molecule has 0 aromatic heterocycles. The summed E-state index contributed by atoms with van der Waals surface area (Å²) in [7, 11) is 0. The van der Waals surface area contributed by atoms with Gasteiger partial charge in [-0.15, -0.1) is 0 Å². The highest BCUT2D eigenvalue weighted by Crippen LogP contribution is 2.37. The number of aliphatic hydroxyl groups excluding tert-OH is 1. The minimum atomic E-state index is -4.53. The van der Waals surface area contributed by atoms with Crippen molar-refractivity contribution in [3.8, 4) is 11.5 Å². The molecule has 0 radical (unpaired) electrons. The Kier molecular flexibility index (Phi) is 5.70. The van der Waals surface area contributed by atoms with Gasteiger partial charge in [0.05, 0.1) is 22.1 Å². The number of nitrogens with zero attached hydrogens (tertiary/aromatic N) is 1. The number of aliphatic hydroxyl groups is 1. The summed E-state index contributed by atoms with van der Waals surface area (Å²) < 4.78 is 43.3. The lowest BCUT2D eigenvalue weighted by atomic mass is 10.2. The number of alkyl halides is 3. The van der Waals surface area contributed by atoms with E-state index in [1.807, 2.05) is 0 Å². The van der Waals surface area contributed by atoms with Crippen molar-refractivity contribution in [3.63, 3.8) is 0 Å². The van der Waals surface area contributed by atoms with Gasteiger partial charge in [0.25, 0.3) is 5.69 Å². The highest BCUT2D eigenvalue weighted by Gasteiger charge is 2.31. The maximum Gasteiger partial charge on any atom is 0.416 e. The molecule has 0 saturated carbocycles. The van der Waals surface area contributed by atoms with Crippen LogP contribution in [0.2, 0.25) is 5.02 Å². The van der Waals surface area contributed by atoms with Gasteiger partial charge in [-0.25, -0.2) is 0 Å². The van der Waals surface area contributed by atoms with E-state index in [2.05, 4.69) is 5.32 Å². The molecule has 0 saturated heterocycles. The molecule has 0 aliphatic heterocycles. The summed E-state index contributed by atoms with van der Waals surface area (Å²) in [5.74, 6) is 0.101. The number of benzene rings is 2. The molecule has 0 fully saturated rings. The summed E-state index contributed by atoms with van der Waals surface area (Å²) in [5, 5.41) is 22.2. The Morgan fingerprint density at radius 1 is 1.24 bits per heavy atom. The monoisotopic (exact) mass is 376 g/mol. The first-order valence-corrected chi connectivity index (χ1v) is 7.28. The minimum absolute atomic E-state index is 0.0309. The van der Waals surface area contributed by atoms with Crippen LogP contribution in [0.4, 0.5) is 24.5 Å². The van der Waals surface area contributed by atoms with Gasteiger partial charge in [0.2, 0.25) is 0 Å². The molecule has 0 heterocycles. The highest BCUT2D eigenvalue weighted by atomic mass is 35.5. The van der Waals surface area contributed by atoms with Gasteiger partial charge in [0.15, 0.2) is 0 Å². The maximum atomic E-state index is 12.6. The van der Waals surface area contributed by atoms with Crippen molar-refractivity contribution in [1.82, 2.24) is 0 Å². The number of nitrogens with one attached hydrogen (secondary N) is 1. The molecule has 6 nitrogen and oxygen atoms in total. The molecule has 0 atom stereocenters. The van der Waals surface area contributed by atoms with Gasteiger partial charge >= 0.3 is 6.18 Å². The lowest BCUT2D eigenvalue weighted by Crippen LogP contribution is -2.07. The molecule has 0 spiro atoms. The third-order valence-electron chi connectivity index (χ3n) is 3.08. The van der Waals surface area contributed by atoms with Crippen LogP contribution < -0.4 is 10.1 Å². The summed E-state index contributed by atoms with van der Waals surface area (Å²) >= 11 is 5.81. The predicted octanol–water partition coefficient (Wildman–Crippen LogP) is 4.46. The SMILES string of the molecule is O=[N+]([O-])c1ccc(Oc2ccc(C(F)(F)F)cc2Cl)cc1NCCO. The van der Waals surface area contributed by atoms with Gasteiger partial charge in [-0.1, -0.05) is 11.6 Å². The zero-order valence-corrected chi connectivity index (χ0v) is 13.3. The van der Waals surface area contributed by atoms with Gasteiger partial charge in [-0.05, 0) is 24.3 Å². The number of anilines is 1. The molecule has 25 heavy (non-hydrogen) atoms. The smallest absolute Gasteiger partial charge is 0.416 e.